The number of allylic oxidation sites excluding steroid dienone is 4. The maximum atomic E-state index is 12.8. The first-order valence-electron chi connectivity index (χ1n) is 9.80. The van der Waals surface area contributed by atoms with Gasteiger partial charge in [-0.3, -0.25) is 14.7 Å². The molecule has 3 aliphatic carbocycles. The summed E-state index contributed by atoms with van der Waals surface area (Å²) in [5, 5.41) is 13.4. The molecule has 5 nitrogen and oxygen atoms in total. The van der Waals surface area contributed by atoms with Crippen LogP contribution in [0.4, 0.5) is 5.95 Å². The summed E-state index contributed by atoms with van der Waals surface area (Å²) in [6.45, 7) is 3.54. The number of carbonyl (C=O) groups is 1. The molecule has 1 amide bonds. The third kappa shape index (κ3) is 2.64. The standard InChI is InChI=1S/C22H25N3O2/c1-21(2,27)15-7-8-17-18(11-15)25(16-5-3-6-16)20(23-17)24-19(26)14-12-22(13-14)9-4-10-22/h3,5-8,11,14,27H,4,9-10,12-13H2,1-2H3,(H,23,24,26). The lowest BCUT2D eigenvalue weighted by Crippen LogP contribution is -2.47. The molecule has 1 aromatic heterocycles. The summed E-state index contributed by atoms with van der Waals surface area (Å²) < 4.78 is 1.97. The van der Waals surface area contributed by atoms with Crippen LogP contribution in [0.15, 0.2) is 36.4 Å². The first-order chi connectivity index (χ1) is 12.8. The third-order valence-electron chi connectivity index (χ3n) is 6.53. The Morgan fingerprint density at radius 2 is 2.07 bits per heavy atom. The number of imidazole rings is 1. The van der Waals surface area contributed by atoms with Gasteiger partial charge in [0.05, 0.1) is 16.6 Å². The molecule has 2 aromatic rings. The molecular formula is C22H25N3O2. The predicted molar refractivity (Wildman–Crippen MR) is 106 cm³/mol. The summed E-state index contributed by atoms with van der Waals surface area (Å²) in [5.41, 5.74) is 3.06. The summed E-state index contributed by atoms with van der Waals surface area (Å²) in [7, 11) is 0. The predicted octanol–water partition coefficient (Wildman–Crippen LogP) is 4.19. The average Bonchev–Trinajstić information content (AvgIpc) is 2.79. The summed E-state index contributed by atoms with van der Waals surface area (Å²) in [6, 6.07) is 5.75. The molecule has 3 aliphatic rings. The SMILES string of the molecule is CC(C)(O)c1ccc2nc(NC(=O)C3CC4(CCC4)C3)n(C3=CC=C3)c2c1. The van der Waals surface area contributed by atoms with Gasteiger partial charge in [0.25, 0.3) is 0 Å². The maximum absolute atomic E-state index is 12.8. The maximum Gasteiger partial charge on any atom is 0.229 e. The van der Waals surface area contributed by atoms with Crippen LogP contribution in [0.5, 0.6) is 0 Å². The number of anilines is 1. The first kappa shape index (κ1) is 16.8. The number of hydrogen-bond acceptors (Lipinski definition) is 3. The van der Waals surface area contributed by atoms with Crippen LogP contribution in [0.2, 0.25) is 0 Å². The fraction of sp³-hybridized carbons (Fsp3) is 0.455. The number of hydrogen-bond donors (Lipinski definition) is 2. The Morgan fingerprint density at radius 1 is 1.33 bits per heavy atom. The van der Waals surface area contributed by atoms with Crippen molar-refractivity contribution in [2.45, 2.75) is 51.6 Å². The Labute approximate surface area is 158 Å². The van der Waals surface area contributed by atoms with E-state index in [0.29, 0.717) is 11.4 Å². The molecule has 0 radical (unpaired) electrons. The fourth-order valence-electron chi connectivity index (χ4n) is 4.60. The third-order valence-corrected chi connectivity index (χ3v) is 6.53. The number of rotatable bonds is 4. The number of aromatic nitrogens is 2. The van der Waals surface area contributed by atoms with Gasteiger partial charge >= 0.3 is 0 Å². The van der Waals surface area contributed by atoms with Gasteiger partial charge in [0, 0.05) is 11.6 Å². The van der Waals surface area contributed by atoms with E-state index in [1.165, 1.54) is 19.3 Å². The number of carbonyl (C=O) groups excluding carboxylic acids is 1. The van der Waals surface area contributed by atoms with Crippen LogP contribution in [0.1, 0.15) is 51.5 Å². The number of amides is 1. The van der Waals surface area contributed by atoms with Crippen molar-refractivity contribution in [2.75, 3.05) is 5.32 Å². The number of nitrogens with one attached hydrogen (secondary N) is 1. The molecule has 1 aromatic carbocycles. The Bertz CT molecular complexity index is 994. The first-order valence-corrected chi connectivity index (χ1v) is 9.80. The zero-order chi connectivity index (χ0) is 18.8. The Kier molecular flexibility index (Phi) is 3.44. The van der Waals surface area contributed by atoms with Crippen LogP contribution < -0.4 is 5.32 Å². The normalized spacial score (nSPS) is 20.8. The zero-order valence-electron chi connectivity index (χ0n) is 15.8. The topological polar surface area (TPSA) is 67.2 Å². The summed E-state index contributed by atoms with van der Waals surface area (Å²) >= 11 is 0. The highest BCUT2D eigenvalue weighted by atomic mass is 16.3. The van der Waals surface area contributed by atoms with E-state index in [9.17, 15) is 9.90 Å². The molecule has 5 rings (SSSR count). The summed E-state index contributed by atoms with van der Waals surface area (Å²) in [5.74, 6) is 0.750. The molecule has 2 N–H and O–H groups in total. The van der Waals surface area contributed by atoms with E-state index in [-0.39, 0.29) is 11.8 Å². The largest absolute Gasteiger partial charge is 0.386 e. The van der Waals surface area contributed by atoms with Crippen LogP contribution in [-0.2, 0) is 10.4 Å². The lowest BCUT2D eigenvalue weighted by molar-refractivity contribution is -0.131. The molecule has 0 saturated heterocycles. The van der Waals surface area contributed by atoms with Gasteiger partial charge in [0.1, 0.15) is 0 Å². The van der Waals surface area contributed by atoms with E-state index in [0.717, 1.165) is 35.1 Å². The second-order valence-electron chi connectivity index (χ2n) is 8.93. The van der Waals surface area contributed by atoms with Gasteiger partial charge in [0.15, 0.2) is 0 Å². The lowest BCUT2D eigenvalue weighted by Gasteiger charge is -2.53. The molecule has 140 valence electrons. The second-order valence-corrected chi connectivity index (χ2v) is 8.93. The number of nitrogens with zero attached hydrogens (tertiary/aromatic N) is 2. The quantitative estimate of drug-likeness (QED) is 0.856. The van der Waals surface area contributed by atoms with Crippen molar-refractivity contribution in [3.05, 3.63) is 42.0 Å². The van der Waals surface area contributed by atoms with Crippen molar-refractivity contribution < 1.29 is 9.90 Å². The Morgan fingerprint density at radius 3 is 2.63 bits per heavy atom. The highest BCUT2D eigenvalue weighted by molar-refractivity contribution is 5.96. The fourth-order valence-corrected chi connectivity index (χ4v) is 4.60. The monoisotopic (exact) mass is 363 g/mol. The van der Waals surface area contributed by atoms with E-state index in [4.69, 9.17) is 0 Å². The molecule has 0 unspecified atom stereocenters. The van der Waals surface area contributed by atoms with E-state index in [1.54, 1.807) is 13.8 Å². The minimum atomic E-state index is -0.931. The van der Waals surface area contributed by atoms with Gasteiger partial charge in [-0.2, -0.15) is 0 Å². The second kappa shape index (κ2) is 5.55. The van der Waals surface area contributed by atoms with Crippen LogP contribution in [-0.4, -0.2) is 20.6 Å². The van der Waals surface area contributed by atoms with Crippen molar-refractivity contribution >= 4 is 28.6 Å². The number of aliphatic hydroxyl groups is 1. The van der Waals surface area contributed by atoms with Gasteiger partial charge in [0.2, 0.25) is 11.9 Å². The van der Waals surface area contributed by atoms with E-state index in [1.807, 2.05) is 41.0 Å². The molecule has 0 bridgehead atoms. The van der Waals surface area contributed by atoms with Crippen LogP contribution >= 0.6 is 0 Å². The van der Waals surface area contributed by atoms with Crippen LogP contribution in [0.3, 0.4) is 0 Å². The number of fused-ring (bicyclic) bond motifs is 1. The van der Waals surface area contributed by atoms with Gasteiger partial charge in [-0.15, -0.1) is 0 Å². The van der Waals surface area contributed by atoms with Gasteiger partial charge in [-0.25, -0.2) is 4.98 Å². The summed E-state index contributed by atoms with van der Waals surface area (Å²) in [6.07, 6.45) is 11.9. The molecule has 27 heavy (non-hydrogen) atoms. The van der Waals surface area contributed by atoms with E-state index in [2.05, 4.69) is 10.3 Å². The lowest BCUT2D eigenvalue weighted by atomic mass is 9.51. The molecule has 1 spiro atoms. The molecule has 5 heteroatoms. The Hall–Kier alpha value is -2.40. The zero-order valence-corrected chi connectivity index (χ0v) is 15.8. The minimum absolute atomic E-state index is 0.0793. The molecule has 2 fully saturated rings. The van der Waals surface area contributed by atoms with Gasteiger partial charge in [-0.05, 0) is 74.8 Å². The average molecular weight is 363 g/mol. The van der Waals surface area contributed by atoms with Gasteiger partial charge < -0.3 is 5.11 Å². The van der Waals surface area contributed by atoms with Crippen LogP contribution in [0.25, 0.3) is 16.7 Å². The van der Waals surface area contributed by atoms with Crippen molar-refractivity contribution in [2.24, 2.45) is 11.3 Å². The van der Waals surface area contributed by atoms with Crippen molar-refractivity contribution in [3.8, 4) is 0 Å². The van der Waals surface area contributed by atoms with Crippen LogP contribution in [0, 0.1) is 11.3 Å². The van der Waals surface area contributed by atoms with Crippen molar-refractivity contribution in [1.29, 1.82) is 0 Å². The van der Waals surface area contributed by atoms with Gasteiger partial charge in [-0.1, -0.05) is 18.6 Å². The highest BCUT2D eigenvalue weighted by Gasteiger charge is 2.50. The number of benzene rings is 1. The van der Waals surface area contributed by atoms with E-state index >= 15 is 0 Å². The smallest absolute Gasteiger partial charge is 0.229 e. The molecule has 2 saturated carbocycles. The van der Waals surface area contributed by atoms with E-state index < -0.39 is 5.60 Å². The van der Waals surface area contributed by atoms with Crippen molar-refractivity contribution in [3.63, 3.8) is 0 Å². The molecule has 0 aliphatic heterocycles. The molecular weight excluding hydrogens is 338 g/mol. The van der Waals surface area contributed by atoms with Crippen molar-refractivity contribution in [1.82, 2.24) is 9.55 Å². The molecule has 0 atom stereocenters. The molecule has 1 heterocycles. The summed E-state index contributed by atoms with van der Waals surface area (Å²) in [4.78, 5) is 17.4. The highest BCUT2D eigenvalue weighted by Crippen LogP contribution is 2.58. The minimum Gasteiger partial charge on any atom is -0.386 e. The Balaban J connectivity index is 1.47.